The zero-order valence-electron chi connectivity index (χ0n) is 5.06. The fourth-order valence-corrected chi connectivity index (χ4v) is 1.74. The van der Waals surface area contributed by atoms with Crippen LogP contribution in [0.3, 0.4) is 0 Å². The van der Waals surface area contributed by atoms with Gasteiger partial charge in [-0.05, 0) is 19.6 Å². The van der Waals surface area contributed by atoms with E-state index in [0.717, 1.165) is 0 Å². The van der Waals surface area contributed by atoms with E-state index < -0.39 is 8.32 Å². The van der Waals surface area contributed by atoms with Crippen molar-refractivity contribution in [3.8, 4) is 0 Å². The predicted molar refractivity (Wildman–Crippen MR) is 38.3 cm³/mol. The smallest absolute Gasteiger partial charge is 0.184 e. The maximum Gasteiger partial charge on any atom is 0.184 e. The Bertz CT molecular complexity index is 50.1. The molecule has 0 aromatic heterocycles. The minimum atomic E-state index is -1.23. The van der Waals surface area contributed by atoms with Crippen molar-refractivity contribution in [3.63, 3.8) is 0 Å². The first-order valence-electron chi connectivity index (χ1n) is 2.31. The van der Waals surface area contributed by atoms with E-state index >= 15 is 0 Å². The van der Waals surface area contributed by atoms with E-state index in [1.54, 1.807) is 0 Å². The molecule has 0 aliphatic rings. The molecule has 0 amide bonds. The molecule has 0 aliphatic carbocycles. The molecule has 0 radical (unpaired) electrons. The average Bonchev–Trinajstić information content (AvgIpc) is 1.30. The van der Waals surface area contributed by atoms with Gasteiger partial charge < -0.3 is 4.43 Å². The highest BCUT2D eigenvalue weighted by atomic mass is 32.1. The van der Waals surface area contributed by atoms with Gasteiger partial charge in [-0.1, -0.05) is 0 Å². The largest absolute Gasteiger partial charge is 0.409 e. The third-order valence-electron chi connectivity index (χ3n) is 0.498. The van der Waals surface area contributed by atoms with Crippen molar-refractivity contribution in [2.24, 2.45) is 0 Å². The maximum atomic E-state index is 5.23. The molecule has 0 rings (SSSR count). The lowest BCUT2D eigenvalue weighted by atomic mass is 11.7. The Kier molecular flexibility index (Phi) is 2.95. The van der Waals surface area contributed by atoms with Crippen molar-refractivity contribution in [1.29, 1.82) is 0 Å². The van der Waals surface area contributed by atoms with E-state index in [2.05, 4.69) is 32.3 Å². The molecule has 3 heteroatoms. The third-order valence-corrected chi connectivity index (χ3v) is 1.88. The van der Waals surface area contributed by atoms with Gasteiger partial charge in [-0.3, -0.25) is 0 Å². The summed E-state index contributed by atoms with van der Waals surface area (Å²) in [4.78, 5) is 0. The van der Waals surface area contributed by atoms with E-state index in [0.29, 0.717) is 5.94 Å². The summed E-state index contributed by atoms with van der Waals surface area (Å²) in [7, 11) is -1.23. The second kappa shape index (κ2) is 2.74. The van der Waals surface area contributed by atoms with Gasteiger partial charge in [-0.2, -0.15) is 12.6 Å². The summed E-state index contributed by atoms with van der Waals surface area (Å²) in [5.41, 5.74) is 0. The van der Waals surface area contributed by atoms with Gasteiger partial charge in [0.05, 0.1) is 5.94 Å². The van der Waals surface area contributed by atoms with Crippen molar-refractivity contribution >= 4 is 20.9 Å². The number of thiol groups is 1. The molecule has 0 N–H and O–H groups in total. The van der Waals surface area contributed by atoms with Crippen LogP contribution < -0.4 is 0 Å². The number of hydrogen-bond donors (Lipinski definition) is 1. The summed E-state index contributed by atoms with van der Waals surface area (Å²) in [5.74, 6) is 0.565. The van der Waals surface area contributed by atoms with Crippen molar-refractivity contribution in [3.05, 3.63) is 0 Å². The van der Waals surface area contributed by atoms with Gasteiger partial charge in [0.2, 0.25) is 0 Å². The van der Waals surface area contributed by atoms with Crippen LogP contribution in [-0.4, -0.2) is 14.3 Å². The van der Waals surface area contributed by atoms with Crippen LogP contribution in [-0.2, 0) is 4.43 Å². The summed E-state index contributed by atoms with van der Waals surface area (Å²) in [5, 5.41) is 0. The fourth-order valence-electron chi connectivity index (χ4n) is 0.194. The highest BCUT2D eigenvalue weighted by Gasteiger charge is 2.11. The monoisotopic (exact) mass is 136 g/mol. The topological polar surface area (TPSA) is 9.23 Å². The van der Waals surface area contributed by atoms with Crippen molar-refractivity contribution < 1.29 is 4.43 Å². The number of hydrogen-bond acceptors (Lipinski definition) is 2. The maximum absolute atomic E-state index is 5.23. The Morgan fingerprint density at radius 2 is 1.86 bits per heavy atom. The molecule has 0 fully saturated rings. The molecule has 0 aromatic carbocycles. The van der Waals surface area contributed by atoms with Crippen LogP contribution in [0.2, 0.25) is 19.6 Å². The zero-order valence-corrected chi connectivity index (χ0v) is 6.96. The van der Waals surface area contributed by atoms with Crippen LogP contribution in [0.25, 0.3) is 0 Å². The van der Waals surface area contributed by atoms with Gasteiger partial charge >= 0.3 is 0 Å². The van der Waals surface area contributed by atoms with E-state index in [1.807, 2.05) is 0 Å². The van der Waals surface area contributed by atoms with Gasteiger partial charge in [-0.15, -0.1) is 0 Å². The molecule has 0 heterocycles. The Hall–Kier alpha value is 0.527. The fraction of sp³-hybridized carbons (Fsp3) is 1.00. The summed E-state index contributed by atoms with van der Waals surface area (Å²) in [6.45, 7) is 6.43. The lowest BCUT2D eigenvalue weighted by Crippen LogP contribution is -2.24. The first-order chi connectivity index (χ1) is 3.06. The molecule has 0 saturated heterocycles. The second-order valence-electron chi connectivity index (χ2n) is 2.39. The molecule has 0 aromatic rings. The van der Waals surface area contributed by atoms with Crippen LogP contribution in [0.5, 0.6) is 0 Å². The lowest BCUT2D eigenvalue weighted by molar-refractivity contribution is 0.390. The summed E-state index contributed by atoms with van der Waals surface area (Å²) in [6, 6.07) is 0. The Balaban J connectivity index is 3.15. The highest BCUT2D eigenvalue weighted by Crippen LogP contribution is 2.01. The first kappa shape index (κ1) is 7.53. The first-order valence-corrected chi connectivity index (χ1v) is 6.35. The summed E-state index contributed by atoms with van der Waals surface area (Å²) >= 11 is 3.93. The standard InChI is InChI=1S/C4H12OSSi/c1-7(2,3)5-4-6/h6H,4H2,1-3H3. The van der Waals surface area contributed by atoms with Gasteiger partial charge in [0.25, 0.3) is 0 Å². The molecular formula is C4H12OSSi. The summed E-state index contributed by atoms with van der Waals surface area (Å²) in [6.07, 6.45) is 0. The van der Waals surface area contributed by atoms with Crippen molar-refractivity contribution in [2.45, 2.75) is 19.6 Å². The van der Waals surface area contributed by atoms with Crippen LogP contribution >= 0.6 is 12.6 Å². The number of rotatable bonds is 2. The molecular weight excluding hydrogens is 124 g/mol. The van der Waals surface area contributed by atoms with Crippen LogP contribution in [0.4, 0.5) is 0 Å². The average molecular weight is 136 g/mol. The molecule has 0 saturated carbocycles. The van der Waals surface area contributed by atoms with Gasteiger partial charge in [0.1, 0.15) is 0 Å². The van der Waals surface area contributed by atoms with E-state index in [9.17, 15) is 0 Å². The third kappa shape index (κ3) is 6.53. The van der Waals surface area contributed by atoms with Gasteiger partial charge in [0.15, 0.2) is 8.32 Å². The van der Waals surface area contributed by atoms with Crippen molar-refractivity contribution in [2.75, 3.05) is 5.94 Å². The zero-order chi connectivity index (χ0) is 5.91. The minimum absolute atomic E-state index is 0.565. The molecule has 0 atom stereocenters. The molecule has 7 heavy (non-hydrogen) atoms. The van der Waals surface area contributed by atoms with Crippen molar-refractivity contribution in [1.82, 2.24) is 0 Å². The summed E-state index contributed by atoms with van der Waals surface area (Å²) < 4.78 is 5.23. The van der Waals surface area contributed by atoms with Crippen LogP contribution in [0.15, 0.2) is 0 Å². The van der Waals surface area contributed by atoms with Crippen LogP contribution in [0, 0.1) is 0 Å². The Morgan fingerprint density at radius 3 is 1.86 bits per heavy atom. The molecule has 0 unspecified atom stereocenters. The Labute approximate surface area is 51.6 Å². The quantitative estimate of drug-likeness (QED) is 0.345. The van der Waals surface area contributed by atoms with Gasteiger partial charge in [-0.25, -0.2) is 0 Å². The SMILES string of the molecule is C[Si](C)(C)OCS. The molecule has 0 bridgehead atoms. The predicted octanol–water partition coefficient (Wildman–Crippen LogP) is 1.73. The molecule has 0 aliphatic heterocycles. The van der Waals surface area contributed by atoms with E-state index in [-0.39, 0.29) is 0 Å². The Morgan fingerprint density at radius 1 is 1.43 bits per heavy atom. The normalized spacial score (nSPS) is 12.0. The van der Waals surface area contributed by atoms with E-state index in [1.165, 1.54) is 0 Å². The molecule has 0 spiro atoms. The van der Waals surface area contributed by atoms with Gasteiger partial charge in [0, 0.05) is 0 Å². The second-order valence-corrected chi connectivity index (χ2v) is 7.16. The van der Waals surface area contributed by atoms with E-state index in [4.69, 9.17) is 4.43 Å². The highest BCUT2D eigenvalue weighted by molar-refractivity contribution is 7.80. The minimum Gasteiger partial charge on any atom is -0.409 e. The van der Waals surface area contributed by atoms with Crippen LogP contribution in [0.1, 0.15) is 0 Å². The lowest BCUT2D eigenvalue weighted by Gasteiger charge is -2.13. The molecule has 1 nitrogen and oxygen atoms in total. The molecule has 44 valence electrons.